The van der Waals surface area contributed by atoms with E-state index in [0.717, 1.165) is 18.9 Å². The summed E-state index contributed by atoms with van der Waals surface area (Å²) >= 11 is 18.1. The van der Waals surface area contributed by atoms with E-state index >= 15 is 0 Å². The molecule has 1 fully saturated rings. The highest BCUT2D eigenvalue weighted by Gasteiger charge is 2.21. The third kappa shape index (κ3) is 3.99. The van der Waals surface area contributed by atoms with Crippen molar-refractivity contribution < 1.29 is 4.39 Å². The minimum Gasteiger partial charge on any atom is -0.353 e. The summed E-state index contributed by atoms with van der Waals surface area (Å²) in [4.78, 5) is 17.2. The Balaban J connectivity index is 1.55. The summed E-state index contributed by atoms with van der Waals surface area (Å²) in [5, 5.41) is 0.805. The summed E-state index contributed by atoms with van der Waals surface area (Å²) < 4.78 is 13.8. The van der Waals surface area contributed by atoms with Gasteiger partial charge in [-0.3, -0.25) is 0 Å². The van der Waals surface area contributed by atoms with Crippen LogP contribution in [0.3, 0.4) is 0 Å². The number of piperazine rings is 1. The molecular weight excluding hydrogens is 424 g/mol. The van der Waals surface area contributed by atoms with E-state index in [1.54, 1.807) is 18.3 Å². The zero-order valence-electron chi connectivity index (χ0n) is 14.6. The van der Waals surface area contributed by atoms with E-state index in [2.05, 4.69) is 24.8 Å². The molecule has 9 heteroatoms. The lowest BCUT2D eigenvalue weighted by molar-refractivity contribution is 0.628. The molecule has 0 amide bonds. The Kier molecular flexibility index (Phi) is 5.53. The van der Waals surface area contributed by atoms with Gasteiger partial charge in [0.1, 0.15) is 17.5 Å². The van der Waals surface area contributed by atoms with Gasteiger partial charge in [-0.1, -0.05) is 29.3 Å². The van der Waals surface area contributed by atoms with Gasteiger partial charge in [0, 0.05) is 44.0 Å². The molecule has 0 atom stereocenters. The normalized spacial score (nSPS) is 14.4. The van der Waals surface area contributed by atoms with Gasteiger partial charge in [0.15, 0.2) is 0 Å². The van der Waals surface area contributed by atoms with Crippen LogP contribution in [-0.2, 0) is 0 Å². The predicted octanol–water partition coefficient (Wildman–Crippen LogP) is 4.96. The first-order valence-corrected chi connectivity index (χ1v) is 9.75. The van der Waals surface area contributed by atoms with E-state index in [9.17, 15) is 4.39 Å². The fourth-order valence-electron chi connectivity index (χ4n) is 3.13. The zero-order chi connectivity index (χ0) is 19.7. The Labute approximate surface area is 176 Å². The minimum atomic E-state index is -0.503. The Hall–Kier alpha value is -2.15. The Bertz CT molecular complexity index is 1010. The molecule has 0 N–H and O–H groups in total. The minimum absolute atomic E-state index is 0.0634. The molecule has 0 bridgehead atoms. The molecule has 5 nitrogen and oxygen atoms in total. The van der Waals surface area contributed by atoms with Gasteiger partial charge in [0.2, 0.25) is 5.28 Å². The van der Waals surface area contributed by atoms with Crippen molar-refractivity contribution in [2.24, 2.45) is 0 Å². The fourth-order valence-corrected chi connectivity index (χ4v) is 3.66. The maximum absolute atomic E-state index is 13.8. The zero-order valence-corrected chi connectivity index (χ0v) is 16.9. The van der Waals surface area contributed by atoms with Crippen molar-refractivity contribution in [1.82, 2.24) is 15.0 Å². The second-order valence-electron chi connectivity index (χ2n) is 6.29. The van der Waals surface area contributed by atoms with Crippen LogP contribution in [0.25, 0.3) is 11.3 Å². The van der Waals surface area contributed by atoms with Gasteiger partial charge >= 0.3 is 0 Å². The molecule has 1 aliphatic heterocycles. The molecule has 3 aromatic rings. The second-order valence-corrected chi connectivity index (χ2v) is 7.44. The standard InChI is InChI=1S/C19H15Cl3FN5/c20-13-4-3-12(10-15(13)23)16-11-17(26-19(22)25-16)27-6-8-28(9-7-27)18-14(21)2-1-5-24-18/h1-5,10-11H,6-9H2. The van der Waals surface area contributed by atoms with Crippen LogP contribution in [-0.4, -0.2) is 41.1 Å². The quantitative estimate of drug-likeness (QED) is 0.541. The molecule has 0 spiro atoms. The Morgan fingerprint density at radius 3 is 2.32 bits per heavy atom. The molecule has 144 valence electrons. The lowest BCUT2D eigenvalue weighted by atomic mass is 10.1. The molecule has 4 rings (SSSR count). The van der Waals surface area contributed by atoms with Gasteiger partial charge in [-0.05, 0) is 35.9 Å². The van der Waals surface area contributed by atoms with Crippen molar-refractivity contribution in [3.8, 4) is 11.3 Å². The number of benzene rings is 1. The van der Waals surface area contributed by atoms with Crippen molar-refractivity contribution in [2.45, 2.75) is 0 Å². The van der Waals surface area contributed by atoms with Crippen molar-refractivity contribution in [3.63, 3.8) is 0 Å². The lowest BCUT2D eigenvalue weighted by Gasteiger charge is -2.36. The third-order valence-corrected chi connectivity index (χ3v) is 5.31. The van der Waals surface area contributed by atoms with Crippen LogP contribution in [0.4, 0.5) is 16.0 Å². The lowest BCUT2D eigenvalue weighted by Crippen LogP contribution is -2.47. The molecule has 1 aromatic carbocycles. The van der Waals surface area contributed by atoms with Crippen molar-refractivity contribution in [3.05, 3.63) is 63.7 Å². The molecule has 28 heavy (non-hydrogen) atoms. The molecule has 1 saturated heterocycles. The Morgan fingerprint density at radius 1 is 0.857 bits per heavy atom. The van der Waals surface area contributed by atoms with E-state index < -0.39 is 5.82 Å². The average Bonchev–Trinajstić information content (AvgIpc) is 2.70. The van der Waals surface area contributed by atoms with E-state index in [1.165, 1.54) is 12.1 Å². The van der Waals surface area contributed by atoms with Crippen LogP contribution in [0.1, 0.15) is 0 Å². The summed E-state index contributed by atoms with van der Waals surface area (Å²) in [6.07, 6.45) is 1.73. The number of hydrogen-bond acceptors (Lipinski definition) is 5. The third-order valence-electron chi connectivity index (χ3n) is 4.54. The highest BCUT2D eigenvalue weighted by molar-refractivity contribution is 6.33. The summed E-state index contributed by atoms with van der Waals surface area (Å²) in [5.74, 6) is 0.968. The van der Waals surface area contributed by atoms with Gasteiger partial charge in [-0.25, -0.2) is 19.3 Å². The SMILES string of the molecule is Fc1cc(-c2cc(N3CCN(c4ncccc4Cl)CC3)nc(Cl)n2)ccc1Cl. The number of halogens is 4. The van der Waals surface area contributed by atoms with E-state index in [0.29, 0.717) is 35.2 Å². The molecule has 0 radical (unpaired) electrons. The first-order chi connectivity index (χ1) is 13.5. The molecule has 3 heterocycles. The first kappa shape index (κ1) is 19.2. The second kappa shape index (κ2) is 8.07. The van der Waals surface area contributed by atoms with Crippen LogP contribution < -0.4 is 9.80 Å². The largest absolute Gasteiger partial charge is 0.353 e. The van der Waals surface area contributed by atoms with Crippen LogP contribution in [0.15, 0.2) is 42.6 Å². The smallest absolute Gasteiger partial charge is 0.224 e. The van der Waals surface area contributed by atoms with Crippen LogP contribution in [0, 0.1) is 5.82 Å². The molecule has 0 unspecified atom stereocenters. The molecular formula is C19H15Cl3FN5. The maximum atomic E-state index is 13.8. The number of pyridine rings is 1. The van der Waals surface area contributed by atoms with Gasteiger partial charge in [0.05, 0.1) is 15.7 Å². The molecule has 1 aliphatic rings. The summed E-state index contributed by atoms with van der Waals surface area (Å²) in [6, 6.07) is 9.99. The first-order valence-electron chi connectivity index (χ1n) is 8.62. The Morgan fingerprint density at radius 2 is 1.61 bits per heavy atom. The monoisotopic (exact) mass is 437 g/mol. The maximum Gasteiger partial charge on any atom is 0.224 e. The summed E-state index contributed by atoms with van der Waals surface area (Å²) in [7, 11) is 0. The van der Waals surface area contributed by atoms with Gasteiger partial charge < -0.3 is 9.80 Å². The summed E-state index contributed by atoms with van der Waals surface area (Å²) in [6.45, 7) is 2.91. The number of anilines is 2. The topological polar surface area (TPSA) is 45.2 Å². The van der Waals surface area contributed by atoms with Gasteiger partial charge in [-0.15, -0.1) is 0 Å². The number of nitrogens with zero attached hydrogens (tertiary/aromatic N) is 5. The van der Waals surface area contributed by atoms with Crippen LogP contribution >= 0.6 is 34.8 Å². The highest BCUT2D eigenvalue weighted by atomic mass is 35.5. The number of hydrogen-bond donors (Lipinski definition) is 0. The van der Waals surface area contributed by atoms with Crippen molar-refractivity contribution in [1.29, 1.82) is 0 Å². The van der Waals surface area contributed by atoms with Gasteiger partial charge in [0.25, 0.3) is 0 Å². The van der Waals surface area contributed by atoms with Crippen LogP contribution in [0.2, 0.25) is 15.3 Å². The van der Waals surface area contributed by atoms with Gasteiger partial charge in [-0.2, -0.15) is 0 Å². The predicted molar refractivity (Wildman–Crippen MR) is 111 cm³/mol. The van der Waals surface area contributed by atoms with E-state index in [4.69, 9.17) is 34.8 Å². The number of aromatic nitrogens is 3. The van der Waals surface area contributed by atoms with Crippen molar-refractivity contribution in [2.75, 3.05) is 36.0 Å². The van der Waals surface area contributed by atoms with E-state index in [-0.39, 0.29) is 10.3 Å². The molecule has 0 aliphatic carbocycles. The summed E-state index contributed by atoms with van der Waals surface area (Å²) in [5.41, 5.74) is 1.13. The van der Waals surface area contributed by atoms with E-state index in [1.807, 2.05) is 12.1 Å². The average molecular weight is 439 g/mol. The molecule has 0 saturated carbocycles. The number of rotatable bonds is 3. The molecule has 2 aromatic heterocycles. The van der Waals surface area contributed by atoms with Crippen LogP contribution in [0.5, 0.6) is 0 Å². The fraction of sp³-hybridized carbons (Fsp3) is 0.211. The van der Waals surface area contributed by atoms with Crippen molar-refractivity contribution >= 4 is 46.4 Å². The highest BCUT2D eigenvalue weighted by Crippen LogP contribution is 2.28.